The predicted molar refractivity (Wildman–Crippen MR) is 32.7 cm³/mol. The van der Waals surface area contributed by atoms with E-state index < -0.39 is 23.4 Å². The maximum atomic E-state index is 10.5. The molecule has 0 aromatic carbocycles. The molecule has 0 bridgehead atoms. The Morgan fingerprint density at radius 3 is 1.90 bits per heavy atom. The van der Waals surface area contributed by atoms with Gasteiger partial charge in [-0.3, -0.25) is 14.4 Å². The number of ketones is 2. The maximum Gasteiger partial charge on any atom is 0.228 e. The van der Waals surface area contributed by atoms with Gasteiger partial charge in [-0.1, -0.05) is 0 Å². The van der Waals surface area contributed by atoms with Gasteiger partial charge in [0.25, 0.3) is 0 Å². The number of Topliss-reactive ketones (excluding diaryl/α,β-unsaturated/α-hetero) is 2. The van der Waals surface area contributed by atoms with Crippen molar-refractivity contribution in [1.82, 2.24) is 0 Å². The van der Waals surface area contributed by atoms with E-state index >= 15 is 0 Å². The van der Waals surface area contributed by atoms with Crippen molar-refractivity contribution in [2.75, 3.05) is 0 Å². The molecule has 0 aromatic rings. The molecule has 4 nitrogen and oxygen atoms in total. The topological polar surface area (TPSA) is 77.2 Å². The number of rotatable bonds is 3. The fourth-order valence-corrected chi connectivity index (χ4v) is 0.348. The van der Waals surface area contributed by atoms with Gasteiger partial charge in [0.15, 0.2) is 5.78 Å². The monoisotopic (exact) mass is 141 g/mol. The summed E-state index contributed by atoms with van der Waals surface area (Å²) in [5, 5.41) is 0. The maximum absolute atomic E-state index is 10.5. The fraction of sp³-hybridized carbons (Fsp3) is 0.333. The van der Waals surface area contributed by atoms with Crippen LogP contribution in [0.25, 0.3) is 0 Å². The van der Waals surface area contributed by atoms with E-state index in [1.54, 1.807) is 0 Å². The minimum atomic E-state index is -1.49. The zero-order valence-corrected chi connectivity index (χ0v) is 5.46. The number of amides is 1. The zero-order valence-electron chi connectivity index (χ0n) is 5.46. The number of hydrogen-bond acceptors (Lipinski definition) is 3. The molecular formula is C6H7NO3. The molecule has 2 N–H and O–H groups in total. The number of carbonyl (C=O) groups is 3. The molecule has 1 amide bonds. The molecule has 0 aliphatic rings. The Bertz CT molecular complexity index is 185. The van der Waals surface area contributed by atoms with Gasteiger partial charge in [0.05, 0.1) is 0 Å². The minimum Gasteiger partial charge on any atom is -0.369 e. The van der Waals surface area contributed by atoms with E-state index in [1.807, 2.05) is 0 Å². The molecule has 1 atom stereocenters. The van der Waals surface area contributed by atoms with Gasteiger partial charge in [-0.2, -0.15) is 0 Å². The van der Waals surface area contributed by atoms with Crippen molar-refractivity contribution >= 4 is 17.5 Å². The lowest BCUT2D eigenvalue weighted by Gasteiger charge is -1.99. The predicted octanol–water partition coefficient (Wildman–Crippen LogP) is -1.04. The van der Waals surface area contributed by atoms with Crippen molar-refractivity contribution in [1.29, 1.82) is 0 Å². The molecule has 0 aliphatic heterocycles. The second kappa shape index (κ2) is 3.10. The molecule has 0 spiro atoms. The molecule has 1 unspecified atom stereocenters. The average Bonchev–Trinajstić information content (AvgIpc) is 1.84. The number of carbonyl (C=O) groups excluding carboxylic acids is 3. The van der Waals surface area contributed by atoms with Crippen LogP contribution in [0.4, 0.5) is 0 Å². The molecule has 2 radical (unpaired) electrons. The van der Waals surface area contributed by atoms with Crippen molar-refractivity contribution in [2.45, 2.75) is 6.92 Å². The van der Waals surface area contributed by atoms with Gasteiger partial charge in [0, 0.05) is 6.92 Å². The van der Waals surface area contributed by atoms with Crippen molar-refractivity contribution in [2.24, 2.45) is 11.7 Å². The Balaban J connectivity index is 4.22. The normalized spacial score (nSPS) is 12.2. The van der Waals surface area contributed by atoms with Crippen molar-refractivity contribution in [3.05, 3.63) is 6.92 Å². The van der Waals surface area contributed by atoms with Crippen molar-refractivity contribution in [3.8, 4) is 0 Å². The lowest BCUT2D eigenvalue weighted by molar-refractivity contribution is -0.140. The summed E-state index contributed by atoms with van der Waals surface area (Å²) in [6, 6.07) is 0. The van der Waals surface area contributed by atoms with Crippen LogP contribution < -0.4 is 5.73 Å². The van der Waals surface area contributed by atoms with Crippen LogP contribution in [0.5, 0.6) is 0 Å². The second-order valence-corrected chi connectivity index (χ2v) is 1.80. The lowest BCUT2D eigenvalue weighted by Crippen LogP contribution is -2.31. The van der Waals surface area contributed by atoms with Crippen LogP contribution in [0.1, 0.15) is 6.92 Å². The highest BCUT2D eigenvalue weighted by Gasteiger charge is 2.22. The number of nitrogens with two attached hydrogens (primary N) is 1. The Hall–Kier alpha value is -1.19. The molecule has 0 saturated heterocycles. The van der Waals surface area contributed by atoms with E-state index in [2.05, 4.69) is 5.73 Å². The van der Waals surface area contributed by atoms with Crippen LogP contribution >= 0.6 is 0 Å². The first-order valence-electron chi connectivity index (χ1n) is 2.56. The van der Waals surface area contributed by atoms with Gasteiger partial charge < -0.3 is 5.73 Å². The summed E-state index contributed by atoms with van der Waals surface area (Å²) >= 11 is 0. The van der Waals surface area contributed by atoms with Crippen LogP contribution in [0.3, 0.4) is 0 Å². The Labute approximate surface area is 58.4 Å². The summed E-state index contributed by atoms with van der Waals surface area (Å²) < 4.78 is 0. The standard InChI is InChI=1S/C6H7NO3/c1-3(6(7)10)5(9)4(2)8/h1,3H,2H3,(H2,7,10). The highest BCUT2D eigenvalue weighted by atomic mass is 16.2. The van der Waals surface area contributed by atoms with E-state index in [0.29, 0.717) is 0 Å². The summed E-state index contributed by atoms with van der Waals surface area (Å²) in [5.41, 5.74) is 4.64. The first-order chi connectivity index (χ1) is 4.46. The Morgan fingerprint density at radius 2 is 1.80 bits per heavy atom. The zero-order chi connectivity index (χ0) is 8.31. The molecule has 0 fully saturated rings. The summed E-state index contributed by atoms with van der Waals surface area (Å²) in [7, 11) is 0. The van der Waals surface area contributed by atoms with E-state index in [4.69, 9.17) is 6.92 Å². The van der Waals surface area contributed by atoms with Crippen LogP contribution in [0.2, 0.25) is 0 Å². The van der Waals surface area contributed by atoms with Crippen LogP contribution in [0, 0.1) is 12.8 Å². The van der Waals surface area contributed by atoms with Gasteiger partial charge >= 0.3 is 0 Å². The third-order valence-electron chi connectivity index (χ3n) is 0.936. The first kappa shape index (κ1) is 8.81. The van der Waals surface area contributed by atoms with Crippen molar-refractivity contribution in [3.63, 3.8) is 0 Å². The molecule has 0 aromatic heterocycles. The molecule has 54 valence electrons. The van der Waals surface area contributed by atoms with E-state index in [-0.39, 0.29) is 0 Å². The van der Waals surface area contributed by atoms with Gasteiger partial charge in [0.2, 0.25) is 11.7 Å². The third kappa shape index (κ3) is 1.97. The highest BCUT2D eigenvalue weighted by molar-refractivity contribution is 6.40. The van der Waals surface area contributed by atoms with Gasteiger partial charge in [-0.15, -0.1) is 0 Å². The third-order valence-corrected chi connectivity index (χ3v) is 0.936. The summed E-state index contributed by atoms with van der Waals surface area (Å²) in [6.45, 7) is 5.95. The first-order valence-corrected chi connectivity index (χ1v) is 2.56. The lowest BCUT2D eigenvalue weighted by atomic mass is 10.0. The molecule has 10 heavy (non-hydrogen) atoms. The SMILES string of the molecule is [CH]C(C(N)=O)C(=O)C(C)=O. The number of hydrogen-bond donors (Lipinski definition) is 1. The molecule has 4 heteroatoms. The van der Waals surface area contributed by atoms with E-state index in [1.165, 1.54) is 0 Å². The smallest absolute Gasteiger partial charge is 0.228 e. The molecule has 0 heterocycles. The largest absolute Gasteiger partial charge is 0.369 e. The fourth-order valence-electron chi connectivity index (χ4n) is 0.348. The quantitative estimate of drug-likeness (QED) is 0.402. The van der Waals surface area contributed by atoms with Gasteiger partial charge in [-0.25, -0.2) is 0 Å². The van der Waals surface area contributed by atoms with Crippen molar-refractivity contribution < 1.29 is 14.4 Å². The number of primary amides is 1. The van der Waals surface area contributed by atoms with Gasteiger partial charge in [-0.05, 0) is 6.92 Å². The van der Waals surface area contributed by atoms with Crippen LogP contribution in [-0.2, 0) is 14.4 Å². The summed E-state index contributed by atoms with van der Waals surface area (Å²) in [5.74, 6) is -4.18. The summed E-state index contributed by atoms with van der Waals surface area (Å²) in [6.07, 6.45) is 0. The average molecular weight is 141 g/mol. The molecular weight excluding hydrogens is 134 g/mol. The molecule has 0 saturated carbocycles. The summed E-state index contributed by atoms with van der Waals surface area (Å²) in [4.78, 5) is 30.9. The van der Waals surface area contributed by atoms with E-state index in [9.17, 15) is 14.4 Å². The minimum absolute atomic E-state index is 0.758. The molecule has 0 aliphatic carbocycles. The van der Waals surface area contributed by atoms with Crippen LogP contribution in [-0.4, -0.2) is 17.5 Å². The Kier molecular flexibility index (Phi) is 2.73. The second-order valence-electron chi connectivity index (χ2n) is 1.80. The Morgan fingerprint density at radius 1 is 1.40 bits per heavy atom. The molecule has 0 rings (SSSR count). The van der Waals surface area contributed by atoms with Crippen LogP contribution in [0.15, 0.2) is 0 Å². The highest BCUT2D eigenvalue weighted by Crippen LogP contribution is 1.94. The van der Waals surface area contributed by atoms with E-state index in [0.717, 1.165) is 6.92 Å². The van der Waals surface area contributed by atoms with Gasteiger partial charge in [0.1, 0.15) is 5.92 Å².